The first-order valence-corrected chi connectivity index (χ1v) is 5.21. The molecule has 2 aromatic rings. The van der Waals surface area contributed by atoms with E-state index in [1.54, 1.807) is 12.1 Å². The molecule has 0 aliphatic heterocycles. The third-order valence-corrected chi connectivity index (χ3v) is 2.21. The monoisotopic (exact) mass is 245 g/mol. The number of amides is 1. The SMILES string of the molecule is NCc1ccc(C(=O)Nc2ccc(=O)[nH]n2)nc1. The van der Waals surface area contributed by atoms with Crippen LogP contribution in [0.2, 0.25) is 0 Å². The van der Waals surface area contributed by atoms with Gasteiger partial charge in [-0.3, -0.25) is 14.6 Å². The number of nitrogens with one attached hydrogen (secondary N) is 2. The highest BCUT2D eigenvalue weighted by Gasteiger charge is 2.08. The summed E-state index contributed by atoms with van der Waals surface area (Å²) in [5.74, 6) is -0.151. The van der Waals surface area contributed by atoms with E-state index in [-0.39, 0.29) is 17.1 Å². The molecule has 4 N–H and O–H groups in total. The number of H-pyrrole nitrogens is 1. The van der Waals surface area contributed by atoms with E-state index in [2.05, 4.69) is 20.5 Å². The van der Waals surface area contributed by atoms with Crippen molar-refractivity contribution >= 4 is 11.7 Å². The lowest BCUT2D eigenvalue weighted by Crippen LogP contribution is -2.17. The smallest absolute Gasteiger partial charge is 0.275 e. The Kier molecular flexibility index (Phi) is 3.44. The molecule has 0 saturated heterocycles. The second-order valence-electron chi connectivity index (χ2n) is 3.52. The van der Waals surface area contributed by atoms with Gasteiger partial charge < -0.3 is 11.1 Å². The van der Waals surface area contributed by atoms with E-state index in [1.807, 2.05) is 0 Å². The largest absolute Gasteiger partial charge is 0.326 e. The zero-order valence-electron chi connectivity index (χ0n) is 9.38. The van der Waals surface area contributed by atoms with Gasteiger partial charge in [0.1, 0.15) is 5.69 Å². The molecule has 0 aliphatic rings. The topological polar surface area (TPSA) is 114 Å². The molecule has 0 aliphatic carbocycles. The Balaban J connectivity index is 2.11. The maximum Gasteiger partial charge on any atom is 0.275 e. The lowest BCUT2D eigenvalue weighted by atomic mass is 10.2. The second-order valence-corrected chi connectivity index (χ2v) is 3.52. The lowest BCUT2D eigenvalue weighted by Gasteiger charge is -2.03. The van der Waals surface area contributed by atoms with E-state index < -0.39 is 5.91 Å². The summed E-state index contributed by atoms with van der Waals surface area (Å²) in [5, 5.41) is 8.39. The van der Waals surface area contributed by atoms with E-state index in [1.165, 1.54) is 18.3 Å². The molecule has 18 heavy (non-hydrogen) atoms. The summed E-state index contributed by atoms with van der Waals surface area (Å²) < 4.78 is 0. The van der Waals surface area contributed by atoms with Crippen LogP contribution in [0.25, 0.3) is 0 Å². The van der Waals surface area contributed by atoms with Gasteiger partial charge in [-0.05, 0) is 17.7 Å². The van der Waals surface area contributed by atoms with Crippen LogP contribution in [0.5, 0.6) is 0 Å². The Morgan fingerprint density at radius 1 is 1.33 bits per heavy atom. The maximum absolute atomic E-state index is 11.8. The Labute approximate surface area is 102 Å². The fourth-order valence-electron chi connectivity index (χ4n) is 1.27. The molecule has 0 fully saturated rings. The number of anilines is 1. The number of carbonyl (C=O) groups is 1. The van der Waals surface area contributed by atoms with Gasteiger partial charge in [-0.2, -0.15) is 5.10 Å². The highest BCUT2D eigenvalue weighted by molar-refractivity contribution is 6.02. The molecule has 2 heterocycles. The third kappa shape index (κ3) is 2.77. The Bertz CT molecular complexity index is 585. The summed E-state index contributed by atoms with van der Waals surface area (Å²) in [7, 11) is 0. The number of nitrogens with two attached hydrogens (primary N) is 1. The first-order chi connectivity index (χ1) is 8.69. The first-order valence-electron chi connectivity index (χ1n) is 5.21. The van der Waals surface area contributed by atoms with Gasteiger partial charge in [0.2, 0.25) is 0 Å². The second kappa shape index (κ2) is 5.19. The molecule has 0 unspecified atom stereocenters. The predicted molar refractivity (Wildman–Crippen MR) is 64.9 cm³/mol. The zero-order valence-corrected chi connectivity index (χ0v) is 9.38. The van der Waals surface area contributed by atoms with Gasteiger partial charge in [0.05, 0.1) is 0 Å². The van der Waals surface area contributed by atoms with E-state index in [0.717, 1.165) is 5.56 Å². The number of aromatic amines is 1. The average Bonchev–Trinajstić information content (AvgIpc) is 2.41. The quantitative estimate of drug-likeness (QED) is 0.697. The Morgan fingerprint density at radius 2 is 2.17 bits per heavy atom. The van der Waals surface area contributed by atoms with Crippen LogP contribution in [-0.4, -0.2) is 21.1 Å². The minimum Gasteiger partial charge on any atom is -0.326 e. The van der Waals surface area contributed by atoms with Crippen LogP contribution >= 0.6 is 0 Å². The number of hydrogen-bond acceptors (Lipinski definition) is 5. The molecule has 0 atom stereocenters. The van der Waals surface area contributed by atoms with Crippen LogP contribution < -0.4 is 16.6 Å². The van der Waals surface area contributed by atoms with Crippen molar-refractivity contribution in [3.05, 3.63) is 52.1 Å². The fourth-order valence-corrected chi connectivity index (χ4v) is 1.27. The summed E-state index contributed by atoms with van der Waals surface area (Å²) >= 11 is 0. The Morgan fingerprint density at radius 3 is 2.72 bits per heavy atom. The number of nitrogens with zero attached hydrogens (tertiary/aromatic N) is 2. The van der Waals surface area contributed by atoms with Crippen molar-refractivity contribution in [3.63, 3.8) is 0 Å². The lowest BCUT2D eigenvalue weighted by molar-refractivity contribution is 0.102. The van der Waals surface area contributed by atoms with Gasteiger partial charge in [-0.25, -0.2) is 5.10 Å². The minimum absolute atomic E-state index is 0.250. The van der Waals surface area contributed by atoms with Gasteiger partial charge in [-0.15, -0.1) is 0 Å². The van der Waals surface area contributed by atoms with Crippen molar-refractivity contribution in [1.82, 2.24) is 15.2 Å². The van der Waals surface area contributed by atoms with Crippen molar-refractivity contribution in [1.29, 1.82) is 0 Å². The molecule has 2 rings (SSSR count). The molecule has 0 bridgehead atoms. The first kappa shape index (κ1) is 11.9. The number of pyridine rings is 1. The molecule has 1 amide bonds. The zero-order chi connectivity index (χ0) is 13.0. The third-order valence-electron chi connectivity index (χ3n) is 2.21. The number of hydrogen-bond donors (Lipinski definition) is 3. The summed E-state index contributed by atoms with van der Waals surface area (Å²) in [6.45, 7) is 0.371. The molecule has 0 saturated carbocycles. The van der Waals surface area contributed by atoms with E-state index >= 15 is 0 Å². The highest BCUT2D eigenvalue weighted by atomic mass is 16.2. The molecular formula is C11H11N5O2. The molecular weight excluding hydrogens is 234 g/mol. The van der Waals surface area contributed by atoms with Crippen LogP contribution in [0.15, 0.2) is 35.3 Å². The summed E-state index contributed by atoms with van der Waals surface area (Å²) in [4.78, 5) is 26.5. The van der Waals surface area contributed by atoms with Crippen LogP contribution in [0.1, 0.15) is 16.1 Å². The summed E-state index contributed by atoms with van der Waals surface area (Å²) in [5.41, 5.74) is 6.19. The van der Waals surface area contributed by atoms with Gasteiger partial charge in [0.25, 0.3) is 11.5 Å². The highest BCUT2D eigenvalue weighted by Crippen LogP contribution is 2.03. The van der Waals surface area contributed by atoms with Gasteiger partial charge >= 0.3 is 0 Å². The number of rotatable bonds is 3. The predicted octanol–water partition coefficient (Wildman–Crippen LogP) is -0.124. The van der Waals surface area contributed by atoms with E-state index in [0.29, 0.717) is 6.54 Å². The van der Waals surface area contributed by atoms with Gasteiger partial charge in [-0.1, -0.05) is 6.07 Å². The van der Waals surface area contributed by atoms with Crippen LogP contribution in [0.4, 0.5) is 5.82 Å². The van der Waals surface area contributed by atoms with Crippen molar-refractivity contribution < 1.29 is 4.79 Å². The van der Waals surface area contributed by atoms with Gasteiger partial charge in [0, 0.05) is 18.8 Å². The van der Waals surface area contributed by atoms with Crippen LogP contribution in [0.3, 0.4) is 0 Å². The summed E-state index contributed by atoms with van der Waals surface area (Å²) in [6, 6.07) is 5.98. The molecule has 0 spiro atoms. The molecule has 7 heteroatoms. The fraction of sp³-hybridized carbons (Fsp3) is 0.0909. The number of aromatic nitrogens is 3. The Hall–Kier alpha value is -2.54. The minimum atomic E-state index is -0.405. The van der Waals surface area contributed by atoms with E-state index in [9.17, 15) is 9.59 Å². The number of carbonyl (C=O) groups excluding carboxylic acids is 1. The van der Waals surface area contributed by atoms with Crippen molar-refractivity contribution in [3.8, 4) is 0 Å². The van der Waals surface area contributed by atoms with Gasteiger partial charge in [0.15, 0.2) is 5.82 Å². The van der Waals surface area contributed by atoms with Crippen LogP contribution in [0, 0.1) is 0 Å². The van der Waals surface area contributed by atoms with Crippen molar-refractivity contribution in [2.75, 3.05) is 5.32 Å². The average molecular weight is 245 g/mol. The molecule has 0 aromatic carbocycles. The van der Waals surface area contributed by atoms with Crippen molar-refractivity contribution in [2.45, 2.75) is 6.54 Å². The van der Waals surface area contributed by atoms with E-state index in [4.69, 9.17) is 5.73 Å². The van der Waals surface area contributed by atoms with Crippen LogP contribution in [-0.2, 0) is 6.54 Å². The molecule has 2 aromatic heterocycles. The maximum atomic E-state index is 11.8. The van der Waals surface area contributed by atoms with Crippen molar-refractivity contribution in [2.24, 2.45) is 5.73 Å². The standard InChI is InChI=1S/C11H11N5O2/c12-5-7-1-2-8(13-6-7)11(18)14-9-3-4-10(17)16-15-9/h1-4,6H,5,12H2,(H,16,17)(H,14,15,18). The summed E-state index contributed by atoms with van der Waals surface area (Å²) in [6.07, 6.45) is 1.54. The molecule has 7 nitrogen and oxygen atoms in total. The molecule has 92 valence electrons. The molecule has 0 radical (unpaired) electrons. The normalized spacial score (nSPS) is 10.1.